The van der Waals surface area contributed by atoms with E-state index in [1.165, 1.54) is 0 Å². The zero-order chi connectivity index (χ0) is 12.8. The van der Waals surface area contributed by atoms with Crippen molar-refractivity contribution in [3.63, 3.8) is 0 Å². The van der Waals surface area contributed by atoms with Gasteiger partial charge in [0.2, 0.25) is 0 Å². The van der Waals surface area contributed by atoms with Crippen LogP contribution in [0.1, 0.15) is 21.8 Å². The van der Waals surface area contributed by atoms with Crippen LogP contribution in [0.5, 0.6) is 0 Å². The molecule has 1 atom stereocenters. The van der Waals surface area contributed by atoms with Crippen molar-refractivity contribution in [3.05, 3.63) is 71.8 Å². The van der Waals surface area contributed by atoms with Crippen molar-refractivity contribution >= 4 is 5.78 Å². The highest BCUT2D eigenvalue weighted by atomic mass is 16.1. The van der Waals surface area contributed by atoms with E-state index in [-0.39, 0.29) is 11.7 Å². The van der Waals surface area contributed by atoms with Crippen LogP contribution in [0.3, 0.4) is 0 Å². The summed E-state index contributed by atoms with van der Waals surface area (Å²) in [6, 6.07) is 19.4. The Bertz CT molecular complexity index is 493. The van der Waals surface area contributed by atoms with Gasteiger partial charge in [-0.15, -0.1) is 0 Å². The minimum Gasteiger partial charge on any atom is -0.319 e. The molecule has 92 valence electrons. The molecular formula is C16H17NO. The van der Waals surface area contributed by atoms with E-state index in [4.69, 9.17) is 0 Å². The number of benzene rings is 2. The second kappa shape index (κ2) is 6.12. The molecule has 2 rings (SSSR count). The summed E-state index contributed by atoms with van der Waals surface area (Å²) in [6.07, 6.45) is 0. The van der Waals surface area contributed by atoms with Crippen LogP contribution in [0.25, 0.3) is 0 Å². The van der Waals surface area contributed by atoms with E-state index in [1.54, 1.807) is 0 Å². The fourth-order valence-corrected chi connectivity index (χ4v) is 2.05. The third kappa shape index (κ3) is 2.84. The van der Waals surface area contributed by atoms with Gasteiger partial charge in [0.1, 0.15) is 0 Å². The van der Waals surface area contributed by atoms with Crippen LogP contribution in [0, 0.1) is 0 Å². The smallest absolute Gasteiger partial charge is 0.171 e. The standard InChI is InChI=1S/C16H17NO/c1-17-12-15(13-8-4-2-5-9-13)16(18)14-10-6-3-7-11-14/h2-11,15,17H,12H2,1H3. The van der Waals surface area contributed by atoms with Gasteiger partial charge in [-0.1, -0.05) is 60.7 Å². The van der Waals surface area contributed by atoms with Crippen LogP contribution in [0.15, 0.2) is 60.7 Å². The topological polar surface area (TPSA) is 29.1 Å². The van der Waals surface area contributed by atoms with Crippen molar-refractivity contribution in [2.24, 2.45) is 0 Å². The molecule has 0 bridgehead atoms. The van der Waals surface area contributed by atoms with Gasteiger partial charge in [-0.05, 0) is 12.6 Å². The molecule has 2 heteroatoms. The molecule has 0 aromatic heterocycles. The van der Waals surface area contributed by atoms with Crippen molar-refractivity contribution in [2.75, 3.05) is 13.6 Å². The van der Waals surface area contributed by atoms with Crippen LogP contribution in [0.2, 0.25) is 0 Å². The average Bonchev–Trinajstić information content (AvgIpc) is 2.46. The molecule has 0 aliphatic rings. The Morgan fingerprint density at radius 3 is 2.11 bits per heavy atom. The van der Waals surface area contributed by atoms with Gasteiger partial charge in [-0.25, -0.2) is 0 Å². The third-order valence-electron chi connectivity index (χ3n) is 2.98. The molecule has 0 aliphatic carbocycles. The molecule has 2 aromatic carbocycles. The average molecular weight is 239 g/mol. The lowest BCUT2D eigenvalue weighted by molar-refractivity contribution is 0.0959. The minimum absolute atomic E-state index is 0.126. The Kier molecular flexibility index (Phi) is 4.26. The molecule has 2 aromatic rings. The van der Waals surface area contributed by atoms with E-state index in [9.17, 15) is 4.79 Å². The summed E-state index contributed by atoms with van der Waals surface area (Å²) in [6.45, 7) is 0.651. The Morgan fingerprint density at radius 1 is 1.00 bits per heavy atom. The Labute approximate surface area is 108 Å². The van der Waals surface area contributed by atoms with E-state index in [1.807, 2.05) is 67.7 Å². The number of likely N-dealkylation sites (N-methyl/N-ethyl adjacent to an activating group) is 1. The van der Waals surface area contributed by atoms with Crippen molar-refractivity contribution in [1.82, 2.24) is 5.32 Å². The molecule has 0 saturated carbocycles. The molecule has 0 aliphatic heterocycles. The quantitative estimate of drug-likeness (QED) is 0.813. The Hall–Kier alpha value is -1.93. The molecule has 0 radical (unpaired) electrons. The first-order valence-corrected chi connectivity index (χ1v) is 6.11. The highest BCUT2D eigenvalue weighted by Gasteiger charge is 2.20. The van der Waals surface area contributed by atoms with E-state index in [0.717, 1.165) is 11.1 Å². The molecular weight excluding hydrogens is 222 g/mol. The van der Waals surface area contributed by atoms with Crippen LogP contribution in [0.4, 0.5) is 0 Å². The summed E-state index contributed by atoms with van der Waals surface area (Å²) in [4.78, 5) is 12.5. The number of ketones is 1. The van der Waals surface area contributed by atoms with Crippen LogP contribution < -0.4 is 5.32 Å². The molecule has 2 nitrogen and oxygen atoms in total. The van der Waals surface area contributed by atoms with Gasteiger partial charge < -0.3 is 5.32 Å². The first-order chi connectivity index (χ1) is 8.83. The molecule has 1 N–H and O–H groups in total. The largest absolute Gasteiger partial charge is 0.319 e. The summed E-state index contributed by atoms with van der Waals surface area (Å²) >= 11 is 0. The lowest BCUT2D eigenvalue weighted by Crippen LogP contribution is -2.24. The highest BCUT2D eigenvalue weighted by molar-refractivity contribution is 6.01. The summed E-state index contributed by atoms with van der Waals surface area (Å²) in [5.41, 5.74) is 1.82. The first-order valence-electron chi connectivity index (χ1n) is 6.11. The predicted octanol–water partition coefficient (Wildman–Crippen LogP) is 2.87. The maximum absolute atomic E-state index is 12.5. The summed E-state index contributed by atoms with van der Waals surface area (Å²) in [5.74, 6) is 0.0368. The molecule has 0 fully saturated rings. The number of Topliss-reactive ketones (excluding diaryl/α,β-unsaturated/α-hetero) is 1. The number of rotatable bonds is 5. The maximum atomic E-state index is 12.5. The summed E-state index contributed by atoms with van der Waals surface area (Å²) in [7, 11) is 1.87. The molecule has 18 heavy (non-hydrogen) atoms. The van der Waals surface area contributed by atoms with Crippen LogP contribution >= 0.6 is 0 Å². The fourth-order valence-electron chi connectivity index (χ4n) is 2.05. The molecule has 0 heterocycles. The molecule has 1 unspecified atom stereocenters. The second-order valence-electron chi connectivity index (χ2n) is 4.25. The lowest BCUT2D eigenvalue weighted by Gasteiger charge is -2.15. The van der Waals surface area contributed by atoms with Gasteiger partial charge in [0.05, 0.1) is 5.92 Å². The lowest BCUT2D eigenvalue weighted by atomic mass is 9.90. The van der Waals surface area contributed by atoms with Crippen LogP contribution in [-0.2, 0) is 0 Å². The van der Waals surface area contributed by atoms with Gasteiger partial charge >= 0.3 is 0 Å². The van der Waals surface area contributed by atoms with Crippen molar-refractivity contribution in [2.45, 2.75) is 5.92 Å². The number of carbonyl (C=O) groups excluding carboxylic acids is 1. The van der Waals surface area contributed by atoms with E-state index >= 15 is 0 Å². The van der Waals surface area contributed by atoms with E-state index in [0.29, 0.717) is 6.54 Å². The molecule has 0 amide bonds. The van der Waals surface area contributed by atoms with Crippen molar-refractivity contribution in [1.29, 1.82) is 0 Å². The fraction of sp³-hybridized carbons (Fsp3) is 0.188. The molecule has 0 saturated heterocycles. The second-order valence-corrected chi connectivity index (χ2v) is 4.25. The third-order valence-corrected chi connectivity index (χ3v) is 2.98. The zero-order valence-corrected chi connectivity index (χ0v) is 10.5. The summed E-state index contributed by atoms with van der Waals surface area (Å²) < 4.78 is 0. The minimum atomic E-state index is -0.126. The molecule has 0 spiro atoms. The van der Waals surface area contributed by atoms with Gasteiger partial charge in [0.25, 0.3) is 0 Å². The number of hydrogen-bond donors (Lipinski definition) is 1. The predicted molar refractivity (Wildman–Crippen MR) is 73.9 cm³/mol. The summed E-state index contributed by atoms with van der Waals surface area (Å²) in [5, 5.41) is 3.10. The van der Waals surface area contributed by atoms with Crippen molar-refractivity contribution in [3.8, 4) is 0 Å². The number of nitrogens with one attached hydrogen (secondary N) is 1. The van der Waals surface area contributed by atoms with E-state index < -0.39 is 0 Å². The maximum Gasteiger partial charge on any atom is 0.171 e. The Morgan fingerprint density at radius 2 is 1.56 bits per heavy atom. The normalized spacial score (nSPS) is 12.1. The zero-order valence-electron chi connectivity index (χ0n) is 10.5. The van der Waals surface area contributed by atoms with Gasteiger partial charge in [0.15, 0.2) is 5.78 Å². The van der Waals surface area contributed by atoms with E-state index in [2.05, 4.69) is 5.32 Å². The van der Waals surface area contributed by atoms with Gasteiger partial charge in [-0.2, -0.15) is 0 Å². The van der Waals surface area contributed by atoms with Crippen molar-refractivity contribution < 1.29 is 4.79 Å². The first kappa shape index (κ1) is 12.5. The highest BCUT2D eigenvalue weighted by Crippen LogP contribution is 2.20. The SMILES string of the molecule is CNCC(C(=O)c1ccccc1)c1ccccc1. The monoisotopic (exact) mass is 239 g/mol. The Balaban J connectivity index is 2.29. The van der Waals surface area contributed by atoms with Gasteiger partial charge in [-0.3, -0.25) is 4.79 Å². The number of carbonyl (C=O) groups is 1. The number of hydrogen-bond acceptors (Lipinski definition) is 2. The van der Waals surface area contributed by atoms with Crippen LogP contribution in [-0.4, -0.2) is 19.4 Å². The van der Waals surface area contributed by atoms with Gasteiger partial charge in [0, 0.05) is 12.1 Å².